The molecular weight excluding hydrogens is 206 g/mol. The molecule has 0 amide bonds. The minimum atomic E-state index is -0.152. The van der Waals surface area contributed by atoms with Gasteiger partial charge in [0, 0.05) is 6.21 Å². The molecule has 2 aromatic carbocycles. The van der Waals surface area contributed by atoms with E-state index in [-0.39, 0.29) is 5.54 Å². The van der Waals surface area contributed by atoms with E-state index in [0.29, 0.717) is 0 Å². The molecule has 3 rings (SSSR count). The molecule has 0 fully saturated rings. The number of benzene rings is 2. The van der Waals surface area contributed by atoms with Crippen LogP contribution in [0, 0.1) is 0 Å². The number of hydrogen-bond donors (Lipinski definition) is 0. The first-order valence-corrected chi connectivity index (χ1v) is 6.07. The molecule has 0 N–H and O–H groups in total. The van der Waals surface area contributed by atoms with E-state index in [0.717, 1.165) is 6.42 Å². The van der Waals surface area contributed by atoms with Gasteiger partial charge in [0.1, 0.15) is 5.54 Å². The molecule has 0 aromatic heterocycles. The van der Waals surface area contributed by atoms with Crippen LogP contribution in [0.15, 0.2) is 59.6 Å². The second kappa shape index (κ2) is 3.85. The minimum Gasteiger partial charge on any atom is -0.278 e. The molecule has 2 aromatic rings. The van der Waals surface area contributed by atoms with Gasteiger partial charge in [0.2, 0.25) is 0 Å². The molecular formula is C16H15N. The van der Waals surface area contributed by atoms with Crippen LogP contribution in [0.1, 0.15) is 18.9 Å². The lowest BCUT2D eigenvalue weighted by Gasteiger charge is -2.24. The predicted molar refractivity (Wildman–Crippen MR) is 73.5 cm³/mol. The maximum atomic E-state index is 4.67. The third-order valence-corrected chi connectivity index (χ3v) is 3.56. The van der Waals surface area contributed by atoms with Gasteiger partial charge in [0.25, 0.3) is 0 Å². The number of allylic oxidation sites excluding steroid dienone is 1. The first-order valence-electron chi connectivity index (χ1n) is 6.07. The molecule has 1 heteroatoms. The quantitative estimate of drug-likeness (QED) is 0.724. The van der Waals surface area contributed by atoms with Crippen LogP contribution in [-0.4, -0.2) is 6.21 Å². The molecule has 1 aliphatic rings. The van der Waals surface area contributed by atoms with Gasteiger partial charge in [0.15, 0.2) is 0 Å². The van der Waals surface area contributed by atoms with E-state index in [1.807, 2.05) is 12.3 Å². The Bertz CT molecular complexity index is 590. The highest BCUT2D eigenvalue weighted by molar-refractivity contribution is 5.88. The normalized spacial score (nSPS) is 22.4. The summed E-state index contributed by atoms with van der Waals surface area (Å²) >= 11 is 0. The molecule has 1 unspecified atom stereocenters. The number of fused-ring (bicyclic) bond motifs is 1. The van der Waals surface area contributed by atoms with Gasteiger partial charge >= 0.3 is 0 Å². The number of aliphatic imine (C=N–C) groups is 1. The Hall–Kier alpha value is -1.89. The van der Waals surface area contributed by atoms with Crippen molar-refractivity contribution in [3.8, 4) is 0 Å². The first-order chi connectivity index (χ1) is 8.36. The van der Waals surface area contributed by atoms with Gasteiger partial charge < -0.3 is 0 Å². The van der Waals surface area contributed by atoms with E-state index >= 15 is 0 Å². The standard InChI is InChI=1S/C16H15N/c1-2-16(11-6-12-17-16)15-10-5-8-13-7-3-4-9-14(13)15/h3-12H,2H2,1H3. The molecule has 0 radical (unpaired) electrons. The fraction of sp³-hybridized carbons (Fsp3) is 0.188. The van der Waals surface area contributed by atoms with Gasteiger partial charge in [-0.15, -0.1) is 0 Å². The molecule has 0 saturated carbocycles. The van der Waals surface area contributed by atoms with Crippen LogP contribution in [0.4, 0.5) is 0 Å². The summed E-state index contributed by atoms with van der Waals surface area (Å²) in [6.45, 7) is 2.19. The lowest BCUT2D eigenvalue weighted by Crippen LogP contribution is -2.17. The Balaban J connectivity index is 2.30. The van der Waals surface area contributed by atoms with Crippen molar-refractivity contribution < 1.29 is 0 Å². The molecule has 0 saturated heterocycles. The SMILES string of the molecule is CCC1(c2cccc3ccccc23)C=CC=N1. The summed E-state index contributed by atoms with van der Waals surface area (Å²) in [4.78, 5) is 4.67. The molecule has 1 aliphatic heterocycles. The van der Waals surface area contributed by atoms with Crippen LogP contribution in [0.25, 0.3) is 10.8 Å². The zero-order valence-electron chi connectivity index (χ0n) is 9.93. The number of nitrogens with zero attached hydrogens (tertiary/aromatic N) is 1. The minimum absolute atomic E-state index is 0.152. The summed E-state index contributed by atoms with van der Waals surface area (Å²) in [7, 11) is 0. The van der Waals surface area contributed by atoms with Gasteiger partial charge in [-0.2, -0.15) is 0 Å². The molecule has 0 spiro atoms. The average Bonchev–Trinajstić information content (AvgIpc) is 2.88. The van der Waals surface area contributed by atoms with Gasteiger partial charge in [-0.3, -0.25) is 4.99 Å². The average molecular weight is 221 g/mol. The zero-order valence-corrected chi connectivity index (χ0v) is 9.93. The Morgan fingerprint density at radius 1 is 1.06 bits per heavy atom. The first kappa shape index (κ1) is 10.3. The second-order valence-electron chi connectivity index (χ2n) is 4.44. The summed E-state index contributed by atoms with van der Waals surface area (Å²) in [6.07, 6.45) is 7.15. The van der Waals surface area contributed by atoms with Crippen LogP contribution in [0.2, 0.25) is 0 Å². The molecule has 1 heterocycles. The summed E-state index contributed by atoms with van der Waals surface area (Å²) in [5, 5.41) is 2.59. The van der Waals surface area contributed by atoms with Crippen molar-refractivity contribution in [1.82, 2.24) is 0 Å². The van der Waals surface area contributed by atoms with Crippen LogP contribution < -0.4 is 0 Å². The summed E-state index contributed by atoms with van der Waals surface area (Å²) in [5.74, 6) is 0. The molecule has 0 bridgehead atoms. The molecule has 0 aliphatic carbocycles. The molecule has 17 heavy (non-hydrogen) atoms. The predicted octanol–water partition coefficient (Wildman–Crippen LogP) is 4.09. The summed E-state index contributed by atoms with van der Waals surface area (Å²) in [6, 6.07) is 15.0. The highest BCUT2D eigenvalue weighted by Gasteiger charge is 2.29. The third kappa shape index (κ3) is 1.50. The van der Waals surface area contributed by atoms with Gasteiger partial charge in [-0.05, 0) is 28.8 Å². The third-order valence-electron chi connectivity index (χ3n) is 3.56. The van der Waals surface area contributed by atoms with Gasteiger partial charge in [-0.1, -0.05) is 55.5 Å². The van der Waals surface area contributed by atoms with E-state index in [1.165, 1.54) is 16.3 Å². The Morgan fingerprint density at radius 2 is 1.88 bits per heavy atom. The Kier molecular flexibility index (Phi) is 2.32. The highest BCUT2D eigenvalue weighted by Crippen LogP contribution is 2.37. The van der Waals surface area contributed by atoms with E-state index in [2.05, 4.69) is 60.5 Å². The topological polar surface area (TPSA) is 12.4 Å². The molecule has 84 valence electrons. The fourth-order valence-corrected chi connectivity index (χ4v) is 2.58. The Labute approximate surface area is 102 Å². The van der Waals surface area contributed by atoms with E-state index in [4.69, 9.17) is 0 Å². The largest absolute Gasteiger partial charge is 0.278 e. The van der Waals surface area contributed by atoms with E-state index in [9.17, 15) is 0 Å². The van der Waals surface area contributed by atoms with Crippen LogP contribution >= 0.6 is 0 Å². The number of hydrogen-bond acceptors (Lipinski definition) is 1. The van der Waals surface area contributed by atoms with Crippen LogP contribution in [-0.2, 0) is 5.54 Å². The highest BCUT2D eigenvalue weighted by atomic mass is 14.9. The van der Waals surface area contributed by atoms with Gasteiger partial charge in [-0.25, -0.2) is 0 Å². The maximum Gasteiger partial charge on any atom is 0.104 e. The van der Waals surface area contributed by atoms with Crippen molar-refractivity contribution in [2.45, 2.75) is 18.9 Å². The molecule has 1 nitrogen and oxygen atoms in total. The molecule has 1 atom stereocenters. The van der Waals surface area contributed by atoms with E-state index < -0.39 is 0 Å². The summed E-state index contributed by atoms with van der Waals surface area (Å²) < 4.78 is 0. The van der Waals surface area contributed by atoms with Crippen molar-refractivity contribution >= 4 is 17.0 Å². The van der Waals surface area contributed by atoms with Crippen molar-refractivity contribution in [3.05, 3.63) is 60.2 Å². The maximum absolute atomic E-state index is 4.67. The van der Waals surface area contributed by atoms with Crippen LogP contribution in [0.5, 0.6) is 0 Å². The van der Waals surface area contributed by atoms with Crippen molar-refractivity contribution in [1.29, 1.82) is 0 Å². The van der Waals surface area contributed by atoms with E-state index in [1.54, 1.807) is 0 Å². The fourth-order valence-electron chi connectivity index (χ4n) is 2.58. The monoisotopic (exact) mass is 221 g/mol. The van der Waals surface area contributed by atoms with Gasteiger partial charge in [0.05, 0.1) is 0 Å². The summed E-state index contributed by atoms with van der Waals surface area (Å²) in [5.41, 5.74) is 1.16. The smallest absolute Gasteiger partial charge is 0.104 e. The Morgan fingerprint density at radius 3 is 2.65 bits per heavy atom. The van der Waals surface area contributed by atoms with Crippen LogP contribution in [0.3, 0.4) is 0 Å². The van der Waals surface area contributed by atoms with Crippen molar-refractivity contribution in [3.63, 3.8) is 0 Å². The lowest BCUT2D eigenvalue weighted by molar-refractivity contribution is 0.559. The van der Waals surface area contributed by atoms with Crippen molar-refractivity contribution in [2.24, 2.45) is 4.99 Å². The number of rotatable bonds is 2. The zero-order chi connectivity index (χ0) is 11.7. The van der Waals surface area contributed by atoms with Crippen molar-refractivity contribution in [2.75, 3.05) is 0 Å². The second-order valence-corrected chi connectivity index (χ2v) is 4.44. The lowest BCUT2D eigenvalue weighted by atomic mass is 9.85.